The minimum Gasteiger partial charge on any atom is -0.312 e. The standard InChI is InChI=1S/C21H26N4/c1-25-13-5-8-18(25)11-12-22-14-17-15-23-24-21(17)20-10-4-7-16-6-2-3-9-19(16)20/h2-4,6-7,9-10,15,18,22H,5,8,11-14H2,1H3,(H,23,24). The Morgan fingerprint density at radius 2 is 2.08 bits per heavy atom. The molecule has 1 aliphatic heterocycles. The van der Waals surface area contributed by atoms with Crippen molar-refractivity contribution in [2.75, 3.05) is 20.1 Å². The average Bonchev–Trinajstić information content (AvgIpc) is 3.27. The summed E-state index contributed by atoms with van der Waals surface area (Å²) in [5.41, 5.74) is 3.58. The van der Waals surface area contributed by atoms with Gasteiger partial charge in [0.2, 0.25) is 0 Å². The molecule has 1 unspecified atom stereocenters. The van der Waals surface area contributed by atoms with Crippen molar-refractivity contribution in [3.05, 3.63) is 54.2 Å². The molecule has 2 N–H and O–H groups in total. The molecule has 3 aromatic rings. The number of nitrogens with zero attached hydrogens (tertiary/aromatic N) is 2. The van der Waals surface area contributed by atoms with Crippen molar-refractivity contribution in [1.82, 2.24) is 20.4 Å². The zero-order valence-electron chi connectivity index (χ0n) is 14.8. The van der Waals surface area contributed by atoms with E-state index in [0.29, 0.717) is 0 Å². The first-order chi connectivity index (χ1) is 12.3. The first kappa shape index (κ1) is 16.3. The fourth-order valence-corrected chi connectivity index (χ4v) is 3.96. The predicted molar refractivity (Wildman–Crippen MR) is 104 cm³/mol. The van der Waals surface area contributed by atoms with Gasteiger partial charge in [0.25, 0.3) is 0 Å². The van der Waals surface area contributed by atoms with E-state index in [1.807, 2.05) is 6.20 Å². The summed E-state index contributed by atoms with van der Waals surface area (Å²) < 4.78 is 0. The topological polar surface area (TPSA) is 44.0 Å². The number of fused-ring (bicyclic) bond motifs is 1. The van der Waals surface area contributed by atoms with Gasteiger partial charge in [-0.05, 0) is 50.2 Å². The maximum atomic E-state index is 4.30. The molecule has 0 radical (unpaired) electrons. The van der Waals surface area contributed by atoms with Gasteiger partial charge in [-0.3, -0.25) is 5.10 Å². The number of hydrogen-bond donors (Lipinski definition) is 2. The van der Waals surface area contributed by atoms with E-state index in [1.54, 1.807) is 0 Å². The molecule has 1 atom stereocenters. The number of benzene rings is 2. The molecule has 1 saturated heterocycles. The highest BCUT2D eigenvalue weighted by Gasteiger charge is 2.20. The minimum absolute atomic E-state index is 0.745. The van der Waals surface area contributed by atoms with Gasteiger partial charge in [0.15, 0.2) is 0 Å². The van der Waals surface area contributed by atoms with Crippen LogP contribution in [0.1, 0.15) is 24.8 Å². The molecule has 1 aliphatic rings. The van der Waals surface area contributed by atoms with E-state index in [-0.39, 0.29) is 0 Å². The molecular formula is C21H26N4. The van der Waals surface area contributed by atoms with Crippen LogP contribution in [0.15, 0.2) is 48.7 Å². The van der Waals surface area contributed by atoms with Crippen LogP contribution in [0, 0.1) is 0 Å². The second-order valence-electron chi connectivity index (χ2n) is 7.04. The van der Waals surface area contributed by atoms with Crippen LogP contribution in [0.25, 0.3) is 22.0 Å². The highest BCUT2D eigenvalue weighted by molar-refractivity contribution is 5.96. The van der Waals surface area contributed by atoms with Crippen molar-refractivity contribution < 1.29 is 0 Å². The Balaban J connectivity index is 1.45. The lowest BCUT2D eigenvalue weighted by molar-refractivity contribution is 0.293. The van der Waals surface area contributed by atoms with Crippen LogP contribution in [0.5, 0.6) is 0 Å². The summed E-state index contributed by atoms with van der Waals surface area (Å²) in [7, 11) is 2.24. The van der Waals surface area contributed by atoms with E-state index in [2.05, 4.69) is 69.9 Å². The molecular weight excluding hydrogens is 308 g/mol. The highest BCUT2D eigenvalue weighted by Crippen LogP contribution is 2.29. The number of nitrogens with one attached hydrogen (secondary N) is 2. The number of hydrogen-bond acceptors (Lipinski definition) is 3. The molecule has 4 nitrogen and oxygen atoms in total. The molecule has 0 bridgehead atoms. The number of H-pyrrole nitrogens is 1. The lowest BCUT2D eigenvalue weighted by Crippen LogP contribution is -2.29. The van der Waals surface area contributed by atoms with Crippen molar-refractivity contribution in [1.29, 1.82) is 0 Å². The molecule has 2 aromatic carbocycles. The third-order valence-corrected chi connectivity index (χ3v) is 5.42. The monoisotopic (exact) mass is 334 g/mol. The molecule has 1 fully saturated rings. The molecule has 0 spiro atoms. The summed E-state index contributed by atoms with van der Waals surface area (Å²) in [5, 5.41) is 13.6. The maximum Gasteiger partial charge on any atom is 0.0701 e. The third-order valence-electron chi connectivity index (χ3n) is 5.42. The fraction of sp³-hybridized carbons (Fsp3) is 0.381. The summed E-state index contributed by atoms with van der Waals surface area (Å²) in [6.45, 7) is 3.15. The van der Waals surface area contributed by atoms with Crippen molar-refractivity contribution >= 4 is 10.8 Å². The summed E-state index contributed by atoms with van der Waals surface area (Å²) in [5.74, 6) is 0. The van der Waals surface area contributed by atoms with Gasteiger partial charge < -0.3 is 10.2 Å². The van der Waals surface area contributed by atoms with Gasteiger partial charge in [-0.2, -0.15) is 5.10 Å². The van der Waals surface area contributed by atoms with Crippen LogP contribution in [-0.2, 0) is 6.54 Å². The van der Waals surface area contributed by atoms with Gasteiger partial charge in [0.05, 0.1) is 11.9 Å². The fourth-order valence-electron chi connectivity index (χ4n) is 3.96. The molecule has 2 heterocycles. The molecule has 4 rings (SSSR count). The van der Waals surface area contributed by atoms with E-state index in [9.17, 15) is 0 Å². The number of aromatic nitrogens is 2. The predicted octanol–water partition coefficient (Wildman–Crippen LogP) is 3.80. The summed E-state index contributed by atoms with van der Waals surface area (Å²) >= 11 is 0. The Kier molecular flexibility index (Phi) is 4.81. The van der Waals surface area contributed by atoms with Gasteiger partial charge in [0.1, 0.15) is 0 Å². The van der Waals surface area contributed by atoms with Crippen molar-refractivity contribution in [3.8, 4) is 11.3 Å². The normalized spacial score (nSPS) is 18.2. The Hall–Kier alpha value is -2.17. The lowest BCUT2D eigenvalue weighted by Gasteiger charge is -2.19. The summed E-state index contributed by atoms with van der Waals surface area (Å²) in [4.78, 5) is 2.49. The smallest absolute Gasteiger partial charge is 0.0701 e. The van der Waals surface area contributed by atoms with Crippen molar-refractivity contribution in [2.45, 2.75) is 31.8 Å². The zero-order valence-corrected chi connectivity index (χ0v) is 14.8. The Morgan fingerprint density at radius 1 is 1.20 bits per heavy atom. The summed E-state index contributed by atoms with van der Waals surface area (Å²) in [6, 6.07) is 15.7. The third kappa shape index (κ3) is 3.46. The molecule has 0 amide bonds. The largest absolute Gasteiger partial charge is 0.312 e. The van der Waals surface area contributed by atoms with Crippen LogP contribution in [0.2, 0.25) is 0 Å². The minimum atomic E-state index is 0.745. The quantitative estimate of drug-likeness (QED) is 0.674. The van der Waals surface area contributed by atoms with E-state index in [4.69, 9.17) is 0 Å². The number of likely N-dealkylation sites (tertiary alicyclic amines) is 1. The zero-order chi connectivity index (χ0) is 17.1. The van der Waals surface area contributed by atoms with E-state index < -0.39 is 0 Å². The van der Waals surface area contributed by atoms with Crippen LogP contribution < -0.4 is 5.32 Å². The van der Waals surface area contributed by atoms with Crippen molar-refractivity contribution in [2.24, 2.45) is 0 Å². The van der Waals surface area contributed by atoms with Gasteiger partial charge in [0, 0.05) is 23.7 Å². The Bertz CT molecular complexity index is 833. The first-order valence-corrected chi connectivity index (χ1v) is 9.24. The van der Waals surface area contributed by atoms with Crippen LogP contribution in [0.4, 0.5) is 0 Å². The van der Waals surface area contributed by atoms with Gasteiger partial charge in [-0.15, -0.1) is 0 Å². The van der Waals surface area contributed by atoms with Crippen molar-refractivity contribution in [3.63, 3.8) is 0 Å². The lowest BCUT2D eigenvalue weighted by atomic mass is 10.00. The number of aromatic amines is 1. The average molecular weight is 334 g/mol. The molecule has 0 saturated carbocycles. The summed E-state index contributed by atoms with van der Waals surface area (Å²) in [6.07, 6.45) is 5.85. The molecule has 130 valence electrons. The second-order valence-corrected chi connectivity index (χ2v) is 7.04. The van der Waals surface area contributed by atoms with Crippen LogP contribution in [-0.4, -0.2) is 41.3 Å². The molecule has 1 aromatic heterocycles. The first-order valence-electron chi connectivity index (χ1n) is 9.24. The van der Waals surface area contributed by atoms with Crippen LogP contribution in [0.3, 0.4) is 0 Å². The van der Waals surface area contributed by atoms with E-state index in [0.717, 1.165) is 24.8 Å². The van der Waals surface area contributed by atoms with Gasteiger partial charge >= 0.3 is 0 Å². The Morgan fingerprint density at radius 3 is 2.96 bits per heavy atom. The molecule has 25 heavy (non-hydrogen) atoms. The van der Waals surface area contributed by atoms with Crippen LogP contribution >= 0.6 is 0 Å². The van der Waals surface area contributed by atoms with Gasteiger partial charge in [-0.1, -0.05) is 42.5 Å². The highest BCUT2D eigenvalue weighted by atomic mass is 15.1. The van der Waals surface area contributed by atoms with E-state index >= 15 is 0 Å². The second kappa shape index (κ2) is 7.38. The Labute approximate surface area is 149 Å². The molecule has 0 aliphatic carbocycles. The van der Waals surface area contributed by atoms with Gasteiger partial charge in [-0.25, -0.2) is 0 Å². The SMILES string of the molecule is CN1CCCC1CCNCc1cn[nH]c1-c1cccc2ccccc12. The molecule has 4 heteroatoms. The maximum absolute atomic E-state index is 4.30. The van der Waals surface area contributed by atoms with E-state index in [1.165, 1.54) is 47.7 Å². The number of rotatable bonds is 6.